The van der Waals surface area contributed by atoms with Crippen molar-refractivity contribution in [2.45, 2.75) is 6.54 Å². The Morgan fingerprint density at radius 1 is 1.10 bits per heavy atom. The summed E-state index contributed by atoms with van der Waals surface area (Å²) >= 11 is 6.20. The van der Waals surface area contributed by atoms with Gasteiger partial charge in [-0.1, -0.05) is 29.8 Å². The first-order chi connectivity index (χ1) is 9.71. The van der Waals surface area contributed by atoms with Crippen LogP contribution in [0.5, 0.6) is 11.5 Å². The van der Waals surface area contributed by atoms with Gasteiger partial charge in [-0.3, -0.25) is 0 Å². The number of methoxy groups -OCH3 is 2. The van der Waals surface area contributed by atoms with Crippen molar-refractivity contribution in [2.75, 3.05) is 21.3 Å². The first-order valence-electron chi connectivity index (χ1n) is 6.35. The van der Waals surface area contributed by atoms with E-state index in [1.54, 1.807) is 14.2 Å². The van der Waals surface area contributed by atoms with E-state index in [9.17, 15) is 0 Å². The maximum atomic E-state index is 6.20. The van der Waals surface area contributed by atoms with Crippen molar-refractivity contribution in [3.63, 3.8) is 0 Å². The second-order valence-electron chi connectivity index (χ2n) is 4.38. The van der Waals surface area contributed by atoms with Gasteiger partial charge in [0.25, 0.3) is 0 Å². The summed E-state index contributed by atoms with van der Waals surface area (Å²) in [5, 5.41) is 3.87. The van der Waals surface area contributed by atoms with E-state index in [0.29, 0.717) is 0 Å². The average molecular weight is 292 g/mol. The van der Waals surface area contributed by atoms with Gasteiger partial charge >= 0.3 is 0 Å². The van der Waals surface area contributed by atoms with Crippen molar-refractivity contribution >= 4 is 11.6 Å². The smallest absolute Gasteiger partial charge is 0.168 e. The molecule has 0 bridgehead atoms. The largest absolute Gasteiger partial charge is 0.493 e. The minimum Gasteiger partial charge on any atom is -0.493 e. The van der Waals surface area contributed by atoms with Gasteiger partial charge in [-0.05, 0) is 36.4 Å². The Morgan fingerprint density at radius 3 is 2.55 bits per heavy atom. The van der Waals surface area contributed by atoms with Gasteiger partial charge < -0.3 is 14.8 Å². The summed E-state index contributed by atoms with van der Waals surface area (Å²) < 4.78 is 10.8. The van der Waals surface area contributed by atoms with Gasteiger partial charge in [-0.2, -0.15) is 0 Å². The van der Waals surface area contributed by atoms with Gasteiger partial charge in [0.1, 0.15) is 0 Å². The second kappa shape index (κ2) is 6.64. The minimum absolute atomic E-state index is 0.718. The lowest BCUT2D eigenvalue weighted by molar-refractivity contribution is 0.356. The molecular formula is C16H18ClNO2. The van der Waals surface area contributed by atoms with E-state index in [-0.39, 0.29) is 0 Å². The predicted octanol–water partition coefficient (Wildman–Crippen LogP) is 3.74. The molecule has 0 radical (unpaired) electrons. The van der Waals surface area contributed by atoms with Gasteiger partial charge in [0.15, 0.2) is 11.5 Å². The minimum atomic E-state index is 0.718. The molecule has 2 aromatic carbocycles. The summed E-state index contributed by atoms with van der Waals surface area (Å²) in [7, 11) is 5.18. The summed E-state index contributed by atoms with van der Waals surface area (Å²) in [5.41, 5.74) is 3.09. The van der Waals surface area contributed by atoms with Gasteiger partial charge in [0.05, 0.1) is 14.2 Å². The molecule has 0 saturated carbocycles. The summed E-state index contributed by atoms with van der Waals surface area (Å²) in [6.07, 6.45) is 0. The molecule has 0 saturated heterocycles. The zero-order valence-corrected chi connectivity index (χ0v) is 12.6. The van der Waals surface area contributed by atoms with E-state index in [2.05, 4.69) is 11.4 Å². The molecule has 2 rings (SSSR count). The fourth-order valence-corrected chi connectivity index (χ4v) is 2.37. The fourth-order valence-electron chi connectivity index (χ4n) is 2.18. The van der Waals surface area contributed by atoms with Crippen LogP contribution in [0.2, 0.25) is 5.02 Å². The molecule has 0 spiro atoms. The van der Waals surface area contributed by atoms with E-state index in [4.69, 9.17) is 21.1 Å². The molecule has 0 unspecified atom stereocenters. The highest BCUT2D eigenvalue weighted by Gasteiger charge is 2.12. The van der Waals surface area contributed by atoms with Crippen LogP contribution in [0.25, 0.3) is 11.1 Å². The molecule has 0 heterocycles. The molecule has 0 aromatic heterocycles. The summed E-state index contributed by atoms with van der Waals surface area (Å²) in [4.78, 5) is 0. The third-order valence-corrected chi connectivity index (χ3v) is 3.50. The van der Waals surface area contributed by atoms with Crippen molar-refractivity contribution in [3.05, 3.63) is 47.0 Å². The lowest BCUT2D eigenvalue weighted by Gasteiger charge is -2.14. The molecule has 0 aliphatic heterocycles. The molecule has 0 aliphatic carbocycles. The molecule has 4 heteroatoms. The number of halogens is 1. The highest BCUT2D eigenvalue weighted by Crippen LogP contribution is 2.38. The van der Waals surface area contributed by atoms with Crippen molar-refractivity contribution in [1.29, 1.82) is 0 Å². The molecule has 1 N–H and O–H groups in total. The predicted molar refractivity (Wildman–Crippen MR) is 82.8 cm³/mol. The monoisotopic (exact) mass is 291 g/mol. The number of hydrogen-bond donors (Lipinski definition) is 1. The third kappa shape index (κ3) is 2.89. The van der Waals surface area contributed by atoms with E-state index < -0.39 is 0 Å². The number of rotatable bonds is 5. The molecule has 3 nitrogen and oxygen atoms in total. The molecule has 0 atom stereocenters. The first kappa shape index (κ1) is 14.7. The lowest BCUT2D eigenvalue weighted by atomic mass is 10.0. The number of ether oxygens (including phenoxy) is 2. The molecular weight excluding hydrogens is 274 g/mol. The van der Waals surface area contributed by atoms with Crippen molar-refractivity contribution in [2.24, 2.45) is 0 Å². The van der Waals surface area contributed by atoms with Crippen LogP contribution in [-0.2, 0) is 6.54 Å². The fraction of sp³-hybridized carbons (Fsp3) is 0.250. The Morgan fingerprint density at radius 2 is 1.90 bits per heavy atom. The SMILES string of the molecule is CNCc1cc(-c2cccc(OC)c2OC)ccc1Cl. The third-order valence-electron chi connectivity index (χ3n) is 3.13. The highest BCUT2D eigenvalue weighted by molar-refractivity contribution is 6.31. The van der Waals surface area contributed by atoms with E-state index in [1.165, 1.54) is 0 Å². The number of para-hydroxylation sites is 1. The van der Waals surface area contributed by atoms with Gasteiger partial charge in [0, 0.05) is 17.1 Å². The van der Waals surface area contributed by atoms with E-state index in [1.807, 2.05) is 37.4 Å². The van der Waals surface area contributed by atoms with Gasteiger partial charge in [-0.15, -0.1) is 0 Å². The normalized spacial score (nSPS) is 10.4. The van der Waals surface area contributed by atoms with Crippen LogP contribution in [0.3, 0.4) is 0 Å². The Bertz CT molecular complexity index is 599. The Balaban J connectivity index is 2.53. The summed E-state index contributed by atoms with van der Waals surface area (Å²) in [5.74, 6) is 1.45. The zero-order chi connectivity index (χ0) is 14.5. The van der Waals surface area contributed by atoms with Crippen molar-refractivity contribution in [1.82, 2.24) is 5.32 Å². The molecule has 0 aliphatic rings. The van der Waals surface area contributed by atoms with Crippen LogP contribution < -0.4 is 14.8 Å². The highest BCUT2D eigenvalue weighted by atomic mass is 35.5. The van der Waals surface area contributed by atoms with Crippen LogP contribution >= 0.6 is 11.6 Å². The van der Waals surface area contributed by atoms with Crippen LogP contribution in [0.15, 0.2) is 36.4 Å². The molecule has 106 valence electrons. The van der Waals surface area contributed by atoms with Crippen molar-refractivity contribution in [3.8, 4) is 22.6 Å². The summed E-state index contributed by atoms with van der Waals surface area (Å²) in [6, 6.07) is 11.8. The van der Waals surface area contributed by atoms with E-state index in [0.717, 1.165) is 39.8 Å². The maximum Gasteiger partial charge on any atom is 0.168 e. The first-order valence-corrected chi connectivity index (χ1v) is 6.73. The van der Waals surface area contributed by atoms with Crippen LogP contribution in [0.4, 0.5) is 0 Å². The Kier molecular flexibility index (Phi) is 4.88. The average Bonchev–Trinajstić information content (AvgIpc) is 2.48. The quantitative estimate of drug-likeness (QED) is 0.910. The molecule has 0 fully saturated rings. The number of hydrogen-bond acceptors (Lipinski definition) is 3. The van der Waals surface area contributed by atoms with E-state index >= 15 is 0 Å². The Labute approximate surface area is 124 Å². The van der Waals surface area contributed by atoms with Crippen LogP contribution in [0, 0.1) is 0 Å². The molecule has 0 amide bonds. The Hall–Kier alpha value is -1.71. The maximum absolute atomic E-state index is 6.20. The second-order valence-corrected chi connectivity index (χ2v) is 4.78. The number of nitrogens with one attached hydrogen (secondary N) is 1. The molecule has 2 aromatic rings. The van der Waals surface area contributed by atoms with Crippen molar-refractivity contribution < 1.29 is 9.47 Å². The van der Waals surface area contributed by atoms with Crippen LogP contribution in [0.1, 0.15) is 5.56 Å². The lowest BCUT2D eigenvalue weighted by Crippen LogP contribution is -2.05. The zero-order valence-electron chi connectivity index (χ0n) is 11.9. The van der Waals surface area contributed by atoms with Gasteiger partial charge in [-0.25, -0.2) is 0 Å². The van der Waals surface area contributed by atoms with Gasteiger partial charge in [0.2, 0.25) is 0 Å². The van der Waals surface area contributed by atoms with Crippen LogP contribution in [-0.4, -0.2) is 21.3 Å². The standard InChI is InChI=1S/C16H18ClNO2/c1-18-10-12-9-11(7-8-14(12)17)13-5-4-6-15(19-2)16(13)20-3/h4-9,18H,10H2,1-3H3. The number of benzene rings is 2. The molecule has 20 heavy (non-hydrogen) atoms. The topological polar surface area (TPSA) is 30.5 Å². The summed E-state index contributed by atoms with van der Waals surface area (Å²) in [6.45, 7) is 0.721.